The minimum Gasteiger partial charge on any atom is -0.497 e. The zero-order valence-electron chi connectivity index (χ0n) is 9.37. The molecule has 0 aliphatic rings. The van der Waals surface area contributed by atoms with Gasteiger partial charge in [0.15, 0.2) is 0 Å². The van der Waals surface area contributed by atoms with Gasteiger partial charge in [0, 0.05) is 10.9 Å². The molecule has 4 heteroatoms. The van der Waals surface area contributed by atoms with E-state index in [2.05, 4.69) is 4.99 Å². The van der Waals surface area contributed by atoms with Gasteiger partial charge < -0.3 is 4.74 Å². The average Bonchev–Trinajstić information content (AvgIpc) is 2.31. The Bertz CT molecular complexity index is 400. The quantitative estimate of drug-likeness (QED) is 0.585. The van der Waals surface area contributed by atoms with Gasteiger partial charge in [-0.05, 0) is 24.1 Å². The predicted molar refractivity (Wildman–Crippen MR) is 64.0 cm³/mol. The normalized spacial score (nSPS) is 11.7. The molecule has 1 aromatic rings. The number of nitrogens with zero attached hydrogens (tertiary/aromatic N) is 1. The highest BCUT2D eigenvalue weighted by atomic mass is 35.5. The number of isocyanates is 1. The molecule has 1 unspecified atom stereocenters. The number of methoxy groups -OCH3 is 1. The summed E-state index contributed by atoms with van der Waals surface area (Å²) in [5, 5.41) is 0.646. The van der Waals surface area contributed by atoms with Crippen LogP contribution in [0.3, 0.4) is 0 Å². The molecule has 0 radical (unpaired) electrons. The topological polar surface area (TPSA) is 38.7 Å². The van der Waals surface area contributed by atoms with Crippen LogP contribution in [0.15, 0.2) is 23.2 Å². The molecule has 0 saturated heterocycles. The van der Waals surface area contributed by atoms with E-state index in [0.717, 1.165) is 17.7 Å². The third-order valence-corrected chi connectivity index (χ3v) is 2.84. The van der Waals surface area contributed by atoms with Gasteiger partial charge in [-0.25, -0.2) is 9.79 Å². The number of rotatable bonds is 5. The maximum atomic E-state index is 10.1. The summed E-state index contributed by atoms with van der Waals surface area (Å²) in [5.41, 5.74) is 0.990. The maximum absolute atomic E-state index is 10.1. The van der Waals surface area contributed by atoms with E-state index < -0.39 is 0 Å². The van der Waals surface area contributed by atoms with Crippen LogP contribution in [0.25, 0.3) is 0 Å². The van der Waals surface area contributed by atoms with E-state index in [-0.39, 0.29) is 5.92 Å². The molecule has 3 nitrogen and oxygen atoms in total. The first kappa shape index (κ1) is 12.8. The fraction of sp³-hybridized carbons (Fsp3) is 0.417. The van der Waals surface area contributed by atoms with Crippen LogP contribution in [-0.2, 0) is 4.79 Å². The van der Waals surface area contributed by atoms with Gasteiger partial charge >= 0.3 is 0 Å². The number of benzene rings is 1. The summed E-state index contributed by atoms with van der Waals surface area (Å²) >= 11 is 6.14. The second-order valence-corrected chi connectivity index (χ2v) is 3.83. The molecule has 16 heavy (non-hydrogen) atoms. The molecule has 0 bridgehead atoms. The smallest absolute Gasteiger partial charge is 0.234 e. The van der Waals surface area contributed by atoms with E-state index in [1.165, 1.54) is 0 Å². The lowest BCUT2D eigenvalue weighted by Crippen LogP contribution is -2.02. The number of hydrogen-bond donors (Lipinski definition) is 0. The molecule has 0 aromatic heterocycles. The molecule has 0 heterocycles. The van der Waals surface area contributed by atoms with E-state index in [1.807, 2.05) is 19.1 Å². The molecule has 1 rings (SSSR count). The number of hydrogen-bond acceptors (Lipinski definition) is 3. The van der Waals surface area contributed by atoms with Crippen LogP contribution in [0.2, 0.25) is 5.02 Å². The molecule has 0 saturated carbocycles. The molecule has 0 amide bonds. The Balaban J connectivity index is 2.96. The summed E-state index contributed by atoms with van der Waals surface area (Å²) < 4.78 is 5.07. The van der Waals surface area contributed by atoms with Crippen LogP contribution in [-0.4, -0.2) is 19.7 Å². The Kier molecular flexibility index (Phi) is 5.03. The summed E-state index contributed by atoms with van der Waals surface area (Å²) in [6, 6.07) is 5.54. The molecular weight excluding hydrogens is 226 g/mol. The summed E-state index contributed by atoms with van der Waals surface area (Å²) in [6.07, 6.45) is 2.42. The van der Waals surface area contributed by atoms with Crippen LogP contribution < -0.4 is 4.74 Å². The molecule has 0 aliphatic carbocycles. The van der Waals surface area contributed by atoms with Crippen molar-refractivity contribution in [3.8, 4) is 5.75 Å². The van der Waals surface area contributed by atoms with Gasteiger partial charge in [0.1, 0.15) is 5.75 Å². The summed E-state index contributed by atoms with van der Waals surface area (Å²) in [6.45, 7) is 2.46. The predicted octanol–water partition coefficient (Wildman–Crippen LogP) is 3.18. The lowest BCUT2D eigenvalue weighted by molar-refractivity contribution is 0.414. The third kappa shape index (κ3) is 3.09. The van der Waals surface area contributed by atoms with Crippen molar-refractivity contribution in [1.82, 2.24) is 0 Å². The molecule has 1 aromatic carbocycles. The highest BCUT2D eigenvalue weighted by Gasteiger charge is 2.13. The van der Waals surface area contributed by atoms with Gasteiger partial charge in [0.05, 0.1) is 13.7 Å². The van der Waals surface area contributed by atoms with E-state index >= 15 is 0 Å². The number of ether oxygens (including phenoxy) is 1. The van der Waals surface area contributed by atoms with Crippen molar-refractivity contribution in [2.75, 3.05) is 13.7 Å². The van der Waals surface area contributed by atoms with Crippen LogP contribution in [0.1, 0.15) is 24.8 Å². The molecular formula is C12H14ClNO2. The minimum atomic E-state index is 0.153. The van der Waals surface area contributed by atoms with Crippen molar-refractivity contribution in [3.63, 3.8) is 0 Å². The average molecular weight is 240 g/mol. The lowest BCUT2D eigenvalue weighted by Gasteiger charge is -2.14. The Morgan fingerprint density at radius 2 is 2.31 bits per heavy atom. The second kappa shape index (κ2) is 6.31. The first-order valence-corrected chi connectivity index (χ1v) is 5.47. The van der Waals surface area contributed by atoms with E-state index in [4.69, 9.17) is 16.3 Å². The van der Waals surface area contributed by atoms with Gasteiger partial charge in [-0.15, -0.1) is 0 Å². The summed E-state index contributed by atoms with van der Waals surface area (Å²) in [5.74, 6) is 0.877. The molecule has 0 fully saturated rings. The van der Waals surface area contributed by atoms with Crippen molar-refractivity contribution >= 4 is 17.7 Å². The molecule has 0 N–H and O–H groups in total. The van der Waals surface area contributed by atoms with Gasteiger partial charge in [-0.2, -0.15) is 0 Å². The van der Waals surface area contributed by atoms with Crippen molar-refractivity contribution in [2.45, 2.75) is 19.3 Å². The third-order valence-electron chi connectivity index (χ3n) is 2.52. The lowest BCUT2D eigenvalue weighted by atomic mass is 9.96. The van der Waals surface area contributed by atoms with Crippen LogP contribution in [0.5, 0.6) is 5.75 Å². The standard InChI is InChI=1S/C12H14ClNO2/c1-3-9(7-14-8-15)11-5-4-10(16-2)6-12(11)13/h4-6,9H,3,7H2,1-2H3. The van der Waals surface area contributed by atoms with Gasteiger partial charge in [0.25, 0.3) is 0 Å². The Labute approximate surface area is 100 Å². The molecule has 86 valence electrons. The van der Waals surface area contributed by atoms with Crippen LogP contribution in [0, 0.1) is 0 Å². The van der Waals surface area contributed by atoms with Crippen LogP contribution in [0.4, 0.5) is 0 Å². The SMILES string of the molecule is CCC(CN=C=O)c1ccc(OC)cc1Cl. The number of aliphatic imine (C=N–C) groups is 1. The van der Waals surface area contributed by atoms with Gasteiger partial charge in [-0.3, -0.25) is 0 Å². The van der Waals surface area contributed by atoms with E-state index in [0.29, 0.717) is 11.6 Å². The van der Waals surface area contributed by atoms with Crippen molar-refractivity contribution < 1.29 is 9.53 Å². The summed E-state index contributed by atoms with van der Waals surface area (Å²) in [4.78, 5) is 13.7. The molecule has 1 atom stereocenters. The Morgan fingerprint density at radius 3 is 2.81 bits per heavy atom. The van der Waals surface area contributed by atoms with Crippen molar-refractivity contribution in [2.24, 2.45) is 4.99 Å². The zero-order chi connectivity index (χ0) is 12.0. The highest BCUT2D eigenvalue weighted by molar-refractivity contribution is 6.31. The number of halogens is 1. The minimum absolute atomic E-state index is 0.153. The Hall–Kier alpha value is -1.31. The first-order chi connectivity index (χ1) is 7.72. The van der Waals surface area contributed by atoms with Crippen molar-refractivity contribution in [3.05, 3.63) is 28.8 Å². The molecule has 0 aliphatic heterocycles. The maximum Gasteiger partial charge on any atom is 0.234 e. The van der Waals surface area contributed by atoms with Gasteiger partial charge in [0.2, 0.25) is 6.08 Å². The van der Waals surface area contributed by atoms with Crippen LogP contribution >= 0.6 is 11.6 Å². The monoisotopic (exact) mass is 239 g/mol. The highest BCUT2D eigenvalue weighted by Crippen LogP contribution is 2.30. The molecule has 0 spiro atoms. The Morgan fingerprint density at radius 1 is 1.56 bits per heavy atom. The van der Waals surface area contributed by atoms with Crippen molar-refractivity contribution in [1.29, 1.82) is 0 Å². The fourth-order valence-corrected chi connectivity index (χ4v) is 1.89. The largest absolute Gasteiger partial charge is 0.497 e. The van der Waals surface area contributed by atoms with E-state index in [1.54, 1.807) is 19.3 Å². The van der Waals surface area contributed by atoms with E-state index in [9.17, 15) is 4.79 Å². The number of carbonyl (C=O) groups excluding carboxylic acids is 1. The first-order valence-electron chi connectivity index (χ1n) is 5.10. The zero-order valence-corrected chi connectivity index (χ0v) is 10.1. The van der Waals surface area contributed by atoms with Gasteiger partial charge in [-0.1, -0.05) is 24.6 Å². The second-order valence-electron chi connectivity index (χ2n) is 3.42. The summed E-state index contributed by atoms with van der Waals surface area (Å²) in [7, 11) is 1.60. The fourth-order valence-electron chi connectivity index (χ4n) is 1.56.